The minimum absolute atomic E-state index is 0.249. The van der Waals surface area contributed by atoms with Gasteiger partial charge in [-0.1, -0.05) is 24.1 Å². The van der Waals surface area contributed by atoms with Gasteiger partial charge in [-0.2, -0.15) is 0 Å². The second-order valence-electron chi connectivity index (χ2n) is 4.84. The molecule has 1 rings (SSSR count). The Morgan fingerprint density at radius 2 is 1.90 bits per heavy atom. The monoisotopic (exact) mass is 314 g/mol. The molecule has 21 heavy (non-hydrogen) atoms. The van der Waals surface area contributed by atoms with E-state index in [9.17, 15) is 13.2 Å². The van der Waals surface area contributed by atoms with E-state index < -0.39 is 22.0 Å². The first-order valence-electron chi connectivity index (χ1n) is 6.76. The van der Waals surface area contributed by atoms with E-state index in [4.69, 9.17) is 5.73 Å². The van der Waals surface area contributed by atoms with Gasteiger partial charge in [-0.05, 0) is 31.9 Å². The molecule has 0 amide bonds. The average molecular weight is 314 g/mol. The first-order chi connectivity index (χ1) is 9.86. The zero-order chi connectivity index (χ0) is 15.9. The first kappa shape index (κ1) is 17.6. The summed E-state index contributed by atoms with van der Waals surface area (Å²) in [5.74, 6) is -0.449. The standard InChI is InChI=1S/C14H22N2O4S/c1-11-6-8-12(9-7-11)21(18,19)16-10-4-3-5-13(15)14(17)20-2/h6-9,13,16H,3-5,10,15H2,1-2H3/t13-/m0/s1. The molecule has 0 unspecified atom stereocenters. The summed E-state index contributed by atoms with van der Waals surface area (Å²) in [7, 11) is -2.18. The van der Waals surface area contributed by atoms with Crippen LogP contribution in [-0.2, 0) is 19.6 Å². The van der Waals surface area contributed by atoms with E-state index in [1.165, 1.54) is 7.11 Å². The molecule has 0 radical (unpaired) electrons. The second-order valence-corrected chi connectivity index (χ2v) is 6.60. The van der Waals surface area contributed by atoms with Gasteiger partial charge in [0.1, 0.15) is 6.04 Å². The number of sulfonamides is 1. The number of ether oxygens (including phenoxy) is 1. The second kappa shape index (κ2) is 8.11. The quantitative estimate of drug-likeness (QED) is 0.550. The molecule has 0 spiro atoms. The molecule has 3 N–H and O–H groups in total. The van der Waals surface area contributed by atoms with Gasteiger partial charge < -0.3 is 10.5 Å². The zero-order valence-electron chi connectivity index (χ0n) is 12.3. The highest BCUT2D eigenvalue weighted by Crippen LogP contribution is 2.10. The number of hydrogen-bond donors (Lipinski definition) is 2. The number of esters is 1. The van der Waals surface area contributed by atoms with Gasteiger partial charge in [0.15, 0.2) is 0 Å². The highest BCUT2D eigenvalue weighted by Gasteiger charge is 2.14. The molecule has 118 valence electrons. The molecule has 1 atom stereocenters. The molecule has 0 aliphatic rings. The fourth-order valence-corrected chi connectivity index (χ4v) is 2.84. The minimum Gasteiger partial charge on any atom is -0.468 e. The van der Waals surface area contributed by atoms with Crippen LogP contribution in [0.25, 0.3) is 0 Å². The van der Waals surface area contributed by atoms with Gasteiger partial charge in [0.25, 0.3) is 0 Å². The van der Waals surface area contributed by atoms with Crippen molar-refractivity contribution in [2.75, 3.05) is 13.7 Å². The third-order valence-corrected chi connectivity index (χ3v) is 4.55. The molecule has 0 bridgehead atoms. The smallest absolute Gasteiger partial charge is 0.322 e. The van der Waals surface area contributed by atoms with Crippen LogP contribution in [0.2, 0.25) is 0 Å². The van der Waals surface area contributed by atoms with Crippen LogP contribution in [-0.4, -0.2) is 34.1 Å². The van der Waals surface area contributed by atoms with Crippen molar-refractivity contribution in [3.63, 3.8) is 0 Å². The average Bonchev–Trinajstić information content (AvgIpc) is 2.46. The highest BCUT2D eigenvalue weighted by molar-refractivity contribution is 7.89. The Bertz CT molecular complexity index is 555. The number of nitrogens with one attached hydrogen (secondary N) is 1. The van der Waals surface area contributed by atoms with E-state index in [1.54, 1.807) is 24.3 Å². The minimum atomic E-state index is -3.47. The maximum Gasteiger partial charge on any atom is 0.322 e. The highest BCUT2D eigenvalue weighted by atomic mass is 32.2. The number of carbonyl (C=O) groups is 1. The fraction of sp³-hybridized carbons (Fsp3) is 0.500. The Morgan fingerprint density at radius 1 is 1.29 bits per heavy atom. The van der Waals surface area contributed by atoms with Crippen LogP contribution in [0.3, 0.4) is 0 Å². The maximum absolute atomic E-state index is 12.0. The number of methoxy groups -OCH3 is 1. The van der Waals surface area contributed by atoms with Gasteiger partial charge in [0, 0.05) is 6.54 Å². The van der Waals surface area contributed by atoms with Crippen LogP contribution in [0.15, 0.2) is 29.2 Å². The van der Waals surface area contributed by atoms with Crippen molar-refractivity contribution < 1.29 is 17.9 Å². The number of rotatable bonds is 8. The molecule has 0 saturated heterocycles. The van der Waals surface area contributed by atoms with Gasteiger partial charge in [-0.3, -0.25) is 4.79 Å². The summed E-state index contributed by atoms with van der Waals surface area (Å²) in [6.45, 7) is 2.21. The number of aryl methyl sites for hydroxylation is 1. The van der Waals surface area contributed by atoms with Crippen LogP contribution < -0.4 is 10.5 Å². The Morgan fingerprint density at radius 3 is 2.48 bits per heavy atom. The molecule has 6 nitrogen and oxygen atoms in total. The van der Waals surface area contributed by atoms with Crippen LogP contribution >= 0.6 is 0 Å². The Labute approximate surface area is 125 Å². The van der Waals surface area contributed by atoms with E-state index in [1.807, 2.05) is 6.92 Å². The van der Waals surface area contributed by atoms with Crippen LogP contribution in [0.4, 0.5) is 0 Å². The van der Waals surface area contributed by atoms with Gasteiger partial charge in [0.2, 0.25) is 10.0 Å². The van der Waals surface area contributed by atoms with Crippen LogP contribution in [0.1, 0.15) is 24.8 Å². The summed E-state index contributed by atoms with van der Waals surface area (Å²) in [5.41, 5.74) is 6.59. The van der Waals surface area contributed by atoms with Crippen molar-refractivity contribution in [3.05, 3.63) is 29.8 Å². The maximum atomic E-state index is 12.0. The summed E-state index contributed by atoms with van der Waals surface area (Å²) < 4.78 is 31.0. The summed E-state index contributed by atoms with van der Waals surface area (Å²) in [5, 5.41) is 0. The number of unbranched alkanes of at least 4 members (excludes halogenated alkanes) is 1. The summed E-state index contributed by atoms with van der Waals surface area (Å²) in [6.07, 6.45) is 1.72. The fourth-order valence-electron chi connectivity index (χ4n) is 1.77. The summed E-state index contributed by atoms with van der Waals surface area (Å²) >= 11 is 0. The molecule has 0 aliphatic heterocycles. The molecule has 0 fully saturated rings. The normalized spacial score (nSPS) is 12.9. The van der Waals surface area contributed by atoms with Crippen molar-refractivity contribution >= 4 is 16.0 Å². The van der Waals surface area contributed by atoms with Crippen molar-refractivity contribution in [2.24, 2.45) is 5.73 Å². The lowest BCUT2D eigenvalue weighted by molar-refractivity contribution is -0.142. The number of benzene rings is 1. The van der Waals surface area contributed by atoms with Crippen molar-refractivity contribution in [1.29, 1.82) is 0 Å². The van der Waals surface area contributed by atoms with E-state index in [-0.39, 0.29) is 4.90 Å². The van der Waals surface area contributed by atoms with Crippen molar-refractivity contribution in [2.45, 2.75) is 37.1 Å². The molecule has 0 aliphatic carbocycles. The lowest BCUT2D eigenvalue weighted by atomic mass is 10.1. The molecule has 1 aromatic rings. The topological polar surface area (TPSA) is 98.5 Å². The summed E-state index contributed by atoms with van der Waals surface area (Å²) in [4.78, 5) is 11.3. The SMILES string of the molecule is COC(=O)[C@@H](N)CCCCNS(=O)(=O)c1ccc(C)cc1. The van der Waals surface area contributed by atoms with E-state index >= 15 is 0 Å². The third-order valence-electron chi connectivity index (χ3n) is 3.07. The number of nitrogens with two attached hydrogens (primary N) is 1. The third kappa shape index (κ3) is 5.82. The molecule has 1 aromatic carbocycles. The lowest BCUT2D eigenvalue weighted by Crippen LogP contribution is -2.31. The summed E-state index contributed by atoms with van der Waals surface area (Å²) in [6, 6.07) is 6.01. The van der Waals surface area contributed by atoms with Crippen LogP contribution in [0.5, 0.6) is 0 Å². The first-order valence-corrected chi connectivity index (χ1v) is 8.25. The van der Waals surface area contributed by atoms with Gasteiger partial charge in [-0.25, -0.2) is 13.1 Å². The number of hydrogen-bond acceptors (Lipinski definition) is 5. The van der Waals surface area contributed by atoms with E-state index in [0.29, 0.717) is 25.8 Å². The van der Waals surface area contributed by atoms with E-state index in [2.05, 4.69) is 9.46 Å². The van der Waals surface area contributed by atoms with Crippen molar-refractivity contribution in [1.82, 2.24) is 4.72 Å². The predicted octanol–water partition coefficient (Wildman–Crippen LogP) is 0.944. The largest absolute Gasteiger partial charge is 0.468 e. The predicted molar refractivity (Wildman–Crippen MR) is 80.2 cm³/mol. The number of carbonyl (C=O) groups excluding carboxylic acids is 1. The molecule has 0 aromatic heterocycles. The van der Waals surface area contributed by atoms with E-state index in [0.717, 1.165) is 5.56 Å². The Kier molecular flexibility index (Phi) is 6.80. The lowest BCUT2D eigenvalue weighted by Gasteiger charge is -2.09. The Hall–Kier alpha value is -1.44. The van der Waals surface area contributed by atoms with Gasteiger partial charge in [-0.15, -0.1) is 0 Å². The zero-order valence-corrected chi connectivity index (χ0v) is 13.2. The molecule has 7 heteroatoms. The molecule has 0 saturated carbocycles. The molecular weight excluding hydrogens is 292 g/mol. The Balaban J connectivity index is 2.35. The van der Waals surface area contributed by atoms with Gasteiger partial charge in [0.05, 0.1) is 12.0 Å². The molecule has 0 heterocycles. The molecular formula is C14H22N2O4S. The van der Waals surface area contributed by atoms with Crippen molar-refractivity contribution in [3.8, 4) is 0 Å². The van der Waals surface area contributed by atoms with Crippen LogP contribution in [0, 0.1) is 6.92 Å². The van der Waals surface area contributed by atoms with Gasteiger partial charge >= 0.3 is 5.97 Å².